The predicted molar refractivity (Wildman–Crippen MR) is 65.1 cm³/mol. The fraction of sp³-hybridized carbons (Fsp3) is 0.538. The van der Waals surface area contributed by atoms with E-state index < -0.39 is 0 Å². The van der Waals surface area contributed by atoms with E-state index in [2.05, 4.69) is 0 Å². The highest BCUT2D eigenvalue weighted by Crippen LogP contribution is 2.32. The van der Waals surface area contributed by atoms with Gasteiger partial charge in [-0.2, -0.15) is 0 Å². The van der Waals surface area contributed by atoms with Crippen LogP contribution in [0.3, 0.4) is 0 Å². The number of hydrogen-bond donors (Lipinski definition) is 1. The molecule has 1 aliphatic carbocycles. The second-order valence-corrected chi connectivity index (χ2v) is 4.75. The predicted octanol–water partition coefficient (Wildman–Crippen LogP) is 3.05. The number of aliphatic hydroxyl groups excluding tert-OH is 1. The summed E-state index contributed by atoms with van der Waals surface area (Å²) < 4.78 is 5.69. The van der Waals surface area contributed by atoms with Gasteiger partial charge in [0.25, 0.3) is 0 Å². The lowest BCUT2D eigenvalue weighted by atomic mass is 10.1. The number of ether oxygens (including phenoxy) is 1. The maximum absolute atomic E-state index is 8.78. The van der Waals surface area contributed by atoms with Crippen LogP contribution in [0.15, 0.2) is 18.2 Å². The Bertz CT molecular complexity index is 348. The quantitative estimate of drug-likeness (QED) is 0.828. The molecule has 2 nitrogen and oxygen atoms in total. The third-order valence-electron chi connectivity index (χ3n) is 2.79. The second kappa shape index (κ2) is 5.55. The van der Waals surface area contributed by atoms with Gasteiger partial charge in [0, 0.05) is 6.61 Å². The Hall–Kier alpha value is -0.730. The number of benzene rings is 1. The lowest BCUT2D eigenvalue weighted by Gasteiger charge is -2.09. The van der Waals surface area contributed by atoms with Gasteiger partial charge in [0.2, 0.25) is 0 Å². The van der Waals surface area contributed by atoms with Crippen molar-refractivity contribution in [3.05, 3.63) is 28.8 Å². The molecule has 0 amide bonds. The van der Waals surface area contributed by atoms with E-state index in [4.69, 9.17) is 21.4 Å². The van der Waals surface area contributed by atoms with Crippen LogP contribution in [0.25, 0.3) is 0 Å². The molecule has 0 aromatic heterocycles. The topological polar surface area (TPSA) is 29.5 Å². The summed E-state index contributed by atoms with van der Waals surface area (Å²) >= 11 is 6.06. The largest absolute Gasteiger partial charge is 0.492 e. The Labute approximate surface area is 101 Å². The Balaban J connectivity index is 1.96. The minimum absolute atomic E-state index is 0.223. The molecule has 1 aromatic carbocycles. The van der Waals surface area contributed by atoms with Gasteiger partial charge in [-0.05, 0) is 49.3 Å². The third-order valence-corrected chi connectivity index (χ3v) is 3.10. The highest BCUT2D eigenvalue weighted by Gasteiger charge is 2.22. The van der Waals surface area contributed by atoms with E-state index in [1.165, 1.54) is 18.4 Å². The van der Waals surface area contributed by atoms with Crippen LogP contribution in [0, 0.1) is 5.92 Å². The van der Waals surface area contributed by atoms with Crippen LogP contribution >= 0.6 is 11.6 Å². The van der Waals surface area contributed by atoms with E-state index in [-0.39, 0.29) is 6.61 Å². The Morgan fingerprint density at radius 2 is 2.19 bits per heavy atom. The molecule has 88 valence electrons. The Morgan fingerprint density at radius 1 is 1.38 bits per heavy atom. The SMILES string of the molecule is OCCCc1ccc(Cl)c(OCC2CC2)c1. The summed E-state index contributed by atoms with van der Waals surface area (Å²) in [6.07, 6.45) is 4.21. The molecule has 16 heavy (non-hydrogen) atoms. The molecule has 1 saturated carbocycles. The van der Waals surface area contributed by atoms with E-state index in [1.807, 2.05) is 18.2 Å². The van der Waals surface area contributed by atoms with E-state index in [0.717, 1.165) is 31.1 Å². The van der Waals surface area contributed by atoms with E-state index >= 15 is 0 Å². The molecule has 0 bridgehead atoms. The van der Waals surface area contributed by atoms with Gasteiger partial charge in [-0.15, -0.1) is 0 Å². The molecule has 1 aromatic rings. The summed E-state index contributed by atoms with van der Waals surface area (Å²) in [7, 11) is 0. The van der Waals surface area contributed by atoms with Crippen LogP contribution in [-0.2, 0) is 6.42 Å². The van der Waals surface area contributed by atoms with Crippen molar-refractivity contribution in [1.82, 2.24) is 0 Å². The smallest absolute Gasteiger partial charge is 0.138 e. The molecule has 0 radical (unpaired) electrons. The van der Waals surface area contributed by atoms with Gasteiger partial charge in [0.05, 0.1) is 11.6 Å². The second-order valence-electron chi connectivity index (χ2n) is 4.35. The minimum Gasteiger partial charge on any atom is -0.492 e. The van der Waals surface area contributed by atoms with Crippen LogP contribution in [-0.4, -0.2) is 18.3 Å². The fourth-order valence-corrected chi connectivity index (χ4v) is 1.76. The molecule has 3 heteroatoms. The zero-order valence-electron chi connectivity index (χ0n) is 9.29. The fourth-order valence-electron chi connectivity index (χ4n) is 1.59. The summed E-state index contributed by atoms with van der Waals surface area (Å²) in [5, 5.41) is 9.45. The minimum atomic E-state index is 0.223. The van der Waals surface area contributed by atoms with Gasteiger partial charge in [0.1, 0.15) is 5.75 Å². The van der Waals surface area contributed by atoms with Crippen molar-refractivity contribution in [3.8, 4) is 5.75 Å². The van der Waals surface area contributed by atoms with Crippen molar-refractivity contribution in [3.63, 3.8) is 0 Å². The van der Waals surface area contributed by atoms with Crippen molar-refractivity contribution in [2.24, 2.45) is 5.92 Å². The molecule has 0 unspecified atom stereocenters. The Kier molecular flexibility index (Phi) is 4.08. The number of aliphatic hydroxyl groups is 1. The number of rotatable bonds is 6. The summed E-state index contributed by atoms with van der Waals surface area (Å²) in [5.41, 5.74) is 1.17. The first-order valence-corrected chi connectivity index (χ1v) is 6.19. The molecular formula is C13H17ClO2. The number of hydrogen-bond acceptors (Lipinski definition) is 2. The normalized spacial score (nSPS) is 15.1. The van der Waals surface area contributed by atoms with Gasteiger partial charge in [-0.1, -0.05) is 17.7 Å². The van der Waals surface area contributed by atoms with E-state index in [0.29, 0.717) is 5.02 Å². The zero-order chi connectivity index (χ0) is 11.4. The van der Waals surface area contributed by atoms with Gasteiger partial charge in [0.15, 0.2) is 0 Å². The molecule has 0 aliphatic heterocycles. The monoisotopic (exact) mass is 240 g/mol. The van der Waals surface area contributed by atoms with Crippen molar-refractivity contribution in [2.45, 2.75) is 25.7 Å². The molecule has 1 N–H and O–H groups in total. The highest BCUT2D eigenvalue weighted by atomic mass is 35.5. The van der Waals surface area contributed by atoms with Crippen LogP contribution in [0.2, 0.25) is 5.02 Å². The first-order chi connectivity index (χ1) is 7.79. The number of halogens is 1. The van der Waals surface area contributed by atoms with Crippen LogP contribution in [0.5, 0.6) is 5.75 Å². The van der Waals surface area contributed by atoms with Crippen LogP contribution in [0.1, 0.15) is 24.8 Å². The van der Waals surface area contributed by atoms with Gasteiger partial charge >= 0.3 is 0 Å². The van der Waals surface area contributed by atoms with Gasteiger partial charge in [-0.25, -0.2) is 0 Å². The lowest BCUT2D eigenvalue weighted by molar-refractivity contribution is 0.287. The molecular weight excluding hydrogens is 224 g/mol. The van der Waals surface area contributed by atoms with Gasteiger partial charge < -0.3 is 9.84 Å². The Morgan fingerprint density at radius 3 is 2.88 bits per heavy atom. The van der Waals surface area contributed by atoms with Crippen molar-refractivity contribution >= 4 is 11.6 Å². The van der Waals surface area contributed by atoms with Crippen LogP contribution < -0.4 is 4.74 Å². The molecule has 0 atom stereocenters. The maximum atomic E-state index is 8.78. The van der Waals surface area contributed by atoms with E-state index in [9.17, 15) is 0 Å². The van der Waals surface area contributed by atoms with Gasteiger partial charge in [-0.3, -0.25) is 0 Å². The summed E-state index contributed by atoms with van der Waals surface area (Å²) in [5.74, 6) is 1.51. The standard InChI is InChI=1S/C13H17ClO2/c14-12-6-5-10(2-1-7-15)8-13(12)16-9-11-3-4-11/h5-6,8,11,15H,1-4,7,9H2. The zero-order valence-corrected chi connectivity index (χ0v) is 10.0. The van der Waals surface area contributed by atoms with Crippen LogP contribution in [0.4, 0.5) is 0 Å². The van der Waals surface area contributed by atoms with Crippen molar-refractivity contribution in [1.29, 1.82) is 0 Å². The molecule has 0 saturated heterocycles. The average molecular weight is 241 g/mol. The number of aryl methyl sites for hydroxylation is 1. The third kappa shape index (κ3) is 3.39. The molecule has 0 spiro atoms. The summed E-state index contributed by atoms with van der Waals surface area (Å²) in [4.78, 5) is 0. The summed E-state index contributed by atoms with van der Waals surface area (Å²) in [6, 6.07) is 5.85. The average Bonchev–Trinajstić information content (AvgIpc) is 3.10. The maximum Gasteiger partial charge on any atom is 0.138 e. The molecule has 1 fully saturated rings. The first-order valence-electron chi connectivity index (χ1n) is 5.81. The molecule has 1 aliphatic rings. The lowest BCUT2D eigenvalue weighted by Crippen LogP contribution is -2.00. The van der Waals surface area contributed by atoms with Crippen molar-refractivity contribution in [2.75, 3.05) is 13.2 Å². The first kappa shape index (κ1) is 11.7. The molecule has 0 heterocycles. The van der Waals surface area contributed by atoms with E-state index in [1.54, 1.807) is 0 Å². The highest BCUT2D eigenvalue weighted by molar-refractivity contribution is 6.32. The summed E-state index contributed by atoms with van der Waals surface area (Å²) in [6.45, 7) is 1.00. The van der Waals surface area contributed by atoms with Crippen molar-refractivity contribution < 1.29 is 9.84 Å². The molecule has 2 rings (SSSR count).